The second-order valence-electron chi connectivity index (χ2n) is 4.07. The molecule has 0 bridgehead atoms. The highest BCUT2D eigenvalue weighted by atomic mass is 35.7. The van der Waals surface area contributed by atoms with Crippen LogP contribution in [0.5, 0.6) is 0 Å². The fourth-order valence-electron chi connectivity index (χ4n) is 2.75. The molecule has 0 aromatic rings. The lowest BCUT2D eigenvalue weighted by Crippen LogP contribution is -2.39. The second kappa shape index (κ2) is 2.61. The molecule has 0 heterocycles. The molecule has 2 aliphatic carbocycles. The van der Waals surface area contributed by atoms with Crippen molar-refractivity contribution in [1.82, 2.24) is 0 Å². The number of hydrogen-bond acceptors (Lipinski definition) is 2. The van der Waals surface area contributed by atoms with E-state index >= 15 is 0 Å². The van der Waals surface area contributed by atoms with Crippen molar-refractivity contribution < 1.29 is 8.42 Å². The summed E-state index contributed by atoms with van der Waals surface area (Å²) in [6.45, 7) is 0. The van der Waals surface area contributed by atoms with Gasteiger partial charge in [-0.3, -0.25) is 0 Å². The largest absolute Gasteiger partial charge is 0.235 e. The monoisotopic (exact) mass is 208 g/mol. The third-order valence-corrected chi connectivity index (χ3v) is 5.57. The molecule has 1 atom stereocenters. The zero-order valence-electron chi connectivity index (χ0n) is 6.92. The summed E-state index contributed by atoms with van der Waals surface area (Å²) >= 11 is 0. The molecular formula is C8H13ClO2S. The molecule has 1 spiro atoms. The maximum atomic E-state index is 11.2. The van der Waals surface area contributed by atoms with E-state index in [1.54, 1.807) is 0 Å². The van der Waals surface area contributed by atoms with Gasteiger partial charge in [-0.05, 0) is 31.1 Å². The minimum atomic E-state index is -3.30. The molecule has 0 N–H and O–H groups in total. The molecule has 2 saturated carbocycles. The summed E-state index contributed by atoms with van der Waals surface area (Å²) in [7, 11) is 2.11. The van der Waals surface area contributed by atoms with E-state index in [0.29, 0.717) is 0 Å². The van der Waals surface area contributed by atoms with Gasteiger partial charge < -0.3 is 0 Å². The Morgan fingerprint density at radius 1 is 1.17 bits per heavy atom. The van der Waals surface area contributed by atoms with Crippen LogP contribution in [0, 0.1) is 5.41 Å². The second-order valence-corrected chi connectivity index (χ2v) is 6.88. The molecule has 4 heteroatoms. The quantitative estimate of drug-likeness (QED) is 0.620. The molecule has 0 saturated heterocycles. The lowest BCUT2D eigenvalue weighted by atomic mass is 9.67. The Hall–Kier alpha value is 0.240. The van der Waals surface area contributed by atoms with Crippen molar-refractivity contribution in [1.29, 1.82) is 0 Å². The highest BCUT2D eigenvalue weighted by Crippen LogP contribution is 2.56. The first-order valence-electron chi connectivity index (χ1n) is 4.48. The van der Waals surface area contributed by atoms with Crippen LogP contribution >= 0.6 is 10.7 Å². The first-order chi connectivity index (χ1) is 5.55. The molecule has 0 aromatic heterocycles. The smallest absolute Gasteiger partial charge is 0.212 e. The van der Waals surface area contributed by atoms with Gasteiger partial charge in [0.2, 0.25) is 9.05 Å². The molecule has 0 radical (unpaired) electrons. The summed E-state index contributed by atoms with van der Waals surface area (Å²) in [5.41, 5.74) is 0.0978. The SMILES string of the molecule is O=S(=O)(Cl)C1CCCC12CCC2. The zero-order chi connectivity index (χ0) is 8.82. The van der Waals surface area contributed by atoms with Crippen LogP contribution in [-0.2, 0) is 9.05 Å². The van der Waals surface area contributed by atoms with Gasteiger partial charge in [-0.2, -0.15) is 0 Å². The summed E-state index contributed by atoms with van der Waals surface area (Å²) in [6.07, 6.45) is 6.22. The van der Waals surface area contributed by atoms with Gasteiger partial charge in [0.05, 0.1) is 5.25 Å². The molecule has 2 rings (SSSR count). The standard InChI is InChI=1S/C8H13ClO2S/c9-12(10,11)7-3-1-4-8(7)5-2-6-8/h7H,1-6H2. The summed E-state index contributed by atoms with van der Waals surface area (Å²) in [5.74, 6) is 0. The Morgan fingerprint density at radius 3 is 2.08 bits per heavy atom. The summed E-state index contributed by atoms with van der Waals surface area (Å²) in [5, 5.41) is -0.236. The van der Waals surface area contributed by atoms with Gasteiger partial charge in [0, 0.05) is 10.7 Å². The molecule has 0 amide bonds. The van der Waals surface area contributed by atoms with E-state index in [2.05, 4.69) is 0 Å². The van der Waals surface area contributed by atoms with Crippen LogP contribution in [0.3, 0.4) is 0 Å². The first kappa shape index (κ1) is 8.82. The Labute approximate surface area is 77.7 Å². The molecular weight excluding hydrogens is 196 g/mol. The minimum absolute atomic E-state index is 0.0978. The van der Waals surface area contributed by atoms with E-state index in [1.165, 1.54) is 6.42 Å². The molecule has 0 aliphatic heterocycles. The van der Waals surface area contributed by atoms with Gasteiger partial charge in [-0.1, -0.05) is 12.8 Å². The number of halogens is 1. The molecule has 2 nitrogen and oxygen atoms in total. The van der Waals surface area contributed by atoms with Crippen molar-refractivity contribution in [3.8, 4) is 0 Å². The minimum Gasteiger partial charge on any atom is -0.212 e. The lowest BCUT2D eigenvalue weighted by molar-refractivity contribution is 0.148. The van der Waals surface area contributed by atoms with Crippen LogP contribution in [-0.4, -0.2) is 13.7 Å². The normalized spacial score (nSPS) is 33.6. The van der Waals surface area contributed by atoms with E-state index in [4.69, 9.17) is 10.7 Å². The Bertz CT molecular complexity index is 279. The van der Waals surface area contributed by atoms with Gasteiger partial charge in [0.1, 0.15) is 0 Å². The van der Waals surface area contributed by atoms with Gasteiger partial charge in [0.25, 0.3) is 0 Å². The van der Waals surface area contributed by atoms with Crippen molar-refractivity contribution in [3.05, 3.63) is 0 Å². The van der Waals surface area contributed by atoms with E-state index in [0.717, 1.165) is 32.1 Å². The molecule has 2 fully saturated rings. The maximum Gasteiger partial charge on any atom is 0.235 e. The van der Waals surface area contributed by atoms with Gasteiger partial charge in [0.15, 0.2) is 0 Å². The summed E-state index contributed by atoms with van der Waals surface area (Å²) < 4.78 is 22.4. The fraction of sp³-hybridized carbons (Fsp3) is 1.00. The average Bonchev–Trinajstić information content (AvgIpc) is 2.25. The van der Waals surface area contributed by atoms with E-state index in [1.807, 2.05) is 0 Å². The maximum absolute atomic E-state index is 11.2. The van der Waals surface area contributed by atoms with Crippen molar-refractivity contribution in [3.63, 3.8) is 0 Å². The van der Waals surface area contributed by atoms with E-state index in [-0.39, 0.29) is 10.7 Å². The highest BCUT2D eigenvalue weighted by Gasteiger charge is 2.52. The third kappa shape index (κ3) is 1.18. The van der Waals surface area contributed by atoms with Crippen LogP contribution in [0.2, 0.25) is 0 Å². The van der Waals surface area contributed by atoms with Crippen LogP contribution in [0.1, 0.15) is 38.5 Å². The molecule has 12 heavy (non-hydrogen) atoms. The molecule has 2 aliphatic rings. The van der Waals surface area contributed by atoms with Crippen molar-refractivity contribution in [2.45, 2.75) is 43.8 Å². The van der Waals surface area contributed by atoms with Gasteiger partial charge in [-0.15, -0.1) is 0 Å². The van der Waals surface area contributed by atoms with Crippen molar-refractivity contribution in [2.75, 3.05) is 0 Å². The highest BCUT2D eigenvalue weighted by molar-refractivity contribution is 8.14. The Kier molecular flexibility index (Phi) is 1.92. The Morgan fingerprint density at radius 2 is 1.75 bits per heavy atom. The van der Waals surface area contributed by atoms with Gasteiger partial charge in [-0.25, -0.2) is 8.42 Å². The lowest BCUT2D eigenvalue weighted by Gasteiger charge is -2.42. The van der Waals surface area contributed by atoms with Crippen molar-refractivity contribution >= 4 is 19.7 Å². The van der Waals surface area contributed by atoms with Crippen LogP contribution in [0.4, 0.5) is 0 Å². The molecule has 70 valence electrons. The zero-order valence-corrected chi connectivity index (χ0v) is 8.50. The van der Waals surface area contributed by atoms with Crippen LogP contribution < -0.4 is 0 Å². The van der Waals surface area contributed by atoms with Crippen LogP contribution in [0.25, 0.3) is 0 Å². The number of hydrogen-bond donors (Lipinski definition) is 0. The average molecular weight is 209 g/mol. The van der Waals surface area contributed by atoms with Crippen molar-refractivity contribution in [2.24, 2.45) is 5.41 Å². The molecule has 0 aromatic carbocycles. The molecule has 1 unspecified atom stereocenters. The third-order valence-electron chi connectivity index (χ3n) is 3.51. The first-order valence-corrected chi connectivity index (χ1v) is 6.85. The predicted octanol–water partition coefficient (Wildman–Crippen LogP) is 2.28. The topological polar surface area (TPSA) is 34.1 Å². The Balaban J connectivity index is 2.26. The van der Waals surface area contributed by atoms with Gasteiger partial charge >= 0.3 is 0 Å². The van der Waals surface area contributed by atoms with E-state index < -0.39 is 9.05 Å². The summed E-state index contributed by atoms with van der Waals surface area (Å²) in [6, 6.07) is 0. The fourth-order valence-corrected chi connectivity index (χ4v) is 4.98. The predicted molar refractivity (Wildman–Crippen MR) is 48.7 cm³/mol. The van der Waals surface area contributed by atoms with E-state index in [9.17, 15) is 8.42 Å². The van der Waals surface area contributed by atoms with Crippen LogP contribution in [0.15, 0.2) is 0 Å². The summed E-state index contributed by atoms with van der Waals surface area (Å²) in [4.78, 5) is 0. The number of rotatable bonds is 1.